The third-order valence-corrected chi connectivity index (χ3v) is 4.36. The van der Waals surface area contributed by atoms with Gasteiger partial charge >= 0.3 is 0 Å². The molecule has 0 aliphatic heterocycles. The van der Waals surface area contributed by atoms with Crippen molar-refractivity contribution >= 4 is 23.2 Å². The molecular weight excluding hydrogens is 364 g/mol. The zero-order valence-corrected chi connectivity index (χ0v) is 16.5. The van der Waals surface area contributed by atoms with Gasteiger partial charge in [0.05, 0.1) is 0 Å². The summed E-state index contributed by atoms with van der Waals surface area (Å²) in [6.45, 7) is 4.10. The van der Waals surface area contributed by atoms with E-state index < -0.39 is 0 Å². The van der Waals surface area contributed by atoms with E-state index >= 15 is 0 Å². The van der Waals surface area contributed by atoms with Gasteiger partial charge in [0.25, 0.3) is 11.8 Å². The predicted molar refractivity (Wildman–Crippen MR) is 115 cm³/mol. The Morgan fingerprint density at radius 1 is 0.828 bits per heavy atom. The van der Waals surface area contributed by atoms with Crippen LogP contribution in [0.25, 0.3) is 0 Å². The van der Waals surface area contributed by atoms with Gasteiger partial charge in [-0.3, -0.25) is 9.59 Å². The van der Waals surface area contributed by atoms with Crippen LogP contribution in [0.4, 0.5) is 11.4 Å². The van der Waals surface area contributed by atoms with Crippen LogP contribution < -0.4 is 15.4 Å². The number of amides is 2. The van der Waals surface area contributed by atoms with Crippen LogP contribution in [-0.4, -0.2) is 18.4 Å². The summed E-state index contributed by atoms with van der Waals surface area (Å²) in [5.41, 5.74) is 3.09. The first-order valence-corrected chi connectivity index (χ1v) is 9.50. The third-order valence-electron chi connectivity index (χ3n) is 4.36. The summed E-state index contributed by atoms with van der Waals surface area (Å²) in [5.74, 6) is 0.469. The van der Waals surface area contributed by atoms with Crippen LogP contribution in [0.2, 0.25) is 0 Å². The van der Waals surface area contributed by atoms with E-state index in [1.807, 2.05) is 54.6 Å². The lowest BCUT2D eigenvalue weighted by molar-refractivity contribution is -0.118. The number of ether oxygens (including phenoxy) is 1. The minimum absolute atomic E-state index is 0.122. The average molecular weight is 388 g/mol. The summed E-state index contributed by atoms with van der Waals surface area (Å²) >= 11 is 0. The number of hydrogen-bond acceptors (Lipinski definition) is 3. The minimum atomic E-state index is -0.254. The van der Waals surface area contributed by atoms with Crippen molar-refractivity contribution in [2.75, 3.05) is 17.2 Å². The zero-order valence-electron chi connectivity index (χ0n) is 16.5. The normalized spacial score (nSPS) is 10.4. The number of nitrogens with one attached hydrogen (secondary N) is 2. The van der Waals surface area contributed by atoms with E-state index in [-0.39, 0.29) is 18.4 Å². The Kier molecular flexibility index (Phi) is 6.63. The highest BCUT2D eigenvalue weighted by Gasteiger charge is 2.09. The van der Waals surface area contributed by atoms with Gasteiger partial charge in [0.1, 0.15) is 5.75 Å². The highest BCUT2D eigenvalue weighted by molar-refractivity contribution is 6.04. The van der Waals surface area contributed by atoms with Gasteiger partial charge in [0, 0.05) is 23.0 Å². The maximum absolute atomic E-state index is 12.5. The lowest BCUT2D eigenvalue weighted by Crippen LogP contribution is -2.20. The largest absolute Gasteiger partial charge is 0.484 e. The fourth-order valence-corrected chi connectivity index (χ4v) is 2.75. The fraction of sp³-hybridized carbons (Fsp3) is 0.167. The van der Waals surface area contributed by atoms with Crippen LogP contribution in [0.3, 0.4) is 0 Å². The number of carbonyl (C=O) groups is 2. The van der Waals surface area contributed by atoms with Crippen molar-refractivity contribution in [2.45, 2.75) is 19.8 Å². The monoisotopic (exact) mass is 388 g/mol. The van der Waals surface area contributed by atoms with Gasteiger partial charge in [-0.1, -0.05) is 50.2 Å². The number of para-hydroxylation sites is 1. The van der Waals surface area contributed by atoms with E-state index in [0.717, 1.165) is 0 Å². The molecule has 0 aromatic heterocycles. The van der Waals surface area contributed by atoms with E-state index in [1.54, 1.807) is 24.3 Å². The summed E-state index contributed by atoms with van der Waals surface area (Å²) in [6, 6.07) is 23.7. The van der Waals surface area contributed by atoms with Crippen LogP contribution in [0.1, 0.15) is 35.7 Å². The molecule has 5 heteroatoms. The first kappa shape index (κ1) is 20.1. The van der Waals surface area contributed by atoms with Crippen LogP contribution >= 0.6 is 0 Å². The Labute approximate surface area is 170 Å². The summed E-state index contributed by atoms with van der Waals surface area (Å²) in [7, 11) is 0. The maximum Gasteiger partial charge on any atom is 0.262 e. The van der Waals surface area contributed by atoms with Crippen molar-refractivity contribution in [3.8, 4) is 5.75 Å². The van der Waals surface area contributed by atoms with Crippen molar-refractivity contribution in [3.05, 3.63) is 90.0 Å². The van der Waals surface area contributed by atoms with E-state index in [2.05, 4.69) is 24.5 Å². The van der Waals surface area contributed by atoms with Crippen LogP contribution in [0.5, 0.6) is 5.75 Å². The lowest BCUT2D eigenvalue weighted by Gasteiger charge is -2.10. The number of carbonyl (C=O) groups excluding carboxylic acids is 2. The third kappa shape index (κ3) is 5.94. The van der Waals surface area contributed by atoms with E-state index in [9.17, 15) is 9.59 Å². The molecule has 0 saturated carbocycles. The molecule has 0 heterocycles. The quantitative estimate of drug-likeness (QED) is 0.593. The molecule has 0 radical (unpaired) electrons. The Balaban J connectivity index is 1.56. The number of rotatable bonds is 7. The minimum Gasteiger partial charge on any atom is -0.484 e. The Morgan fingerprint density at radius 2 is 1.52 bits per heavy atom. The number of hydrogen-bond donors (Lipinski definition) is 2. The van der Waals surface area contributed by atoms with Gasteiger partial charge < -0.3 is 15.4 Å². The summed E-state index contributed by atoms with van der Waals surface area (Å²) in [6.07, 6.45) is 0. The fourth-order valence-electron chi connectivity index (χ4n) is 2.75. The molecule has 3 aromatic rings. The second-order valence-corrected chi connectivity index (χ2v) is 6.96. The van der Waals surface area contributed by atoms with Crippen molar-refractivity contribution in [1.29, 1.82) is 0 Å². The molecule has 3 rings (SSSR count). The molecule has 0 bridgehead atoms. The molecule has 3 aromatic carbocycles. The number of anilines is 2. The van der Waals surface area contributed by atoms with Crippen LogP contribution in [-0.2, 0) is 4.79 Å². The average Bonchev–Trinajstić information content (AvgIpc) is 2.73. The molecule has 2 amide bonds. The first-order valence-electron chi connectivity index (χ1n) is 9.50. The smallest absolute Gasteiger partial charge is 0.262 e. The topological polar surface area (TPSA) is 67.4 Å². The van der Waals surface area contributed by atoms with E-state index in [0.29, 0.717) is 28.6 Å². The van der Waals surface area contributed by atoms with Gasteiger partial charge in [0.15, 0.2) is 6.61 Å². The van der Waals surface area contributed by atoms with Gasteiger partial charge in [-0.15, -0.1) is 0 Å². The van der Waals surface area contributed by atoms with Crippen molar-refractivity contribution in [3.63, 3.8) is 0 Å². The standard InChI is InChI=1S/C24H24N2O3/c1-17(2)18-11-13-19(14-12-18)24(28)26-21-9-6-10-22(15-21)29-16-23(27)25-20-7-4-3-5-8-20/h3-15,17H,16H2,1-2H3,(H,25,27)(H,26,28). The Hall–Kier alpha value is -3.60. The van der Waals surface area contributed by atoms with E-state index in [4.69, 9.17) is 4.74 Å². The number of benzene rings is 3. The second kappa shape index (κ2) is 9.55. The van der Waals surface area contributed by atoms with Gasteiger partial charge in [-0.2, -0.15) is 0 Å². The van der Waals surface area contributed by atoms with Crippen LogP contribution in [0.15, 0.2) is 78.9 Å². The summed E-state index contributed by atoms with van der Waals surface area (Å²) < 4.78 is 5.55. The summed E-state index contributed by atoms with van der Waals surface area (Å²) in [5, 5.41) is 5.61. The molecular formula is C24H24N2O3. The highest BCUT2D eigenvalue weighted by Crippen LogP contribution is 2.19. The predicted octanol–water partition coefficient (Wildman–Crippen LogP) is 5.08. The molecule has 0 fully saturated rings. The molecule has 2 N–H and O–H groups in total. The molecule has 0 spiro atoms. The highest BCUT2D eigenvalue weighted by atomic mass is 16.5. The Bertz CT molecular complexity index is 967. The lowest BCUT2D eigenvalue weighted by atomic mass is 10.0. The van der Waals surface area contributed by atoms with Gasteiger partial charge in [0.2, 0.25) is 0 Å². The van der Waals surface area contributed by atoms with Gasteiger partial charge in [-0.25, -0.2) is 0 Å². The van der Waals surface area contributed by atoms with Crippen LogP contribution in [0, 0.1) is 0 Å². The summed E-state index contributed by atoms with van der Waals surface area (Å²) in [4.78, 5) is 24.5. The first-order chi connectivity index (χ1) is 14.0. The SMILES string of the molecule is CC(C)c1ccc(C(=O)Nc2cccc(OCC(=O)Nc3ccccc3)c2)cc1. The van der Waals surface area contributed by atoms with Crippen molar-refractivity contribution < 1.29 is 14.3 Å². The molecule has 0 saturated heterocycles. The molecule has 148 valence electrons. The zero-order chi connectivity index (χ0) is 20.6. The molecule has 0 aliphatic rings. The second-order valence-electron chi connectivity index (χ2n) is 6.96. The molecule has 5 nitrogen and oxygen atoms in total. The maximum atomic E-state index is 12.5. The Morgan fingerprint density at radius 3 is 2.21 bits per heavy atom. The molecule has 0 aliphatic carbocycles. The molecule has 29 heavy (non-hydrogen) atoms. The van der Waals surface area contributed by atoms with Crippen molar-refractivity contribution in [1.82, 2.24) is 0 Å². The molecule has 0 unspecified atom stereocenters. The van der Waals surface area contributed by atoms with E-state index in [1.165, 1.54) is 5.56 Å². The molecule has 0 atom stereocenters. The van der Waals surface area contributed by atoms with Gasteiger partial charge in [-0.05, 0) is 47.9 Å². The van der Waals surface area contributed by atoms with Crippen molar-refractivity contribution in [2.24, 2.45) is 0 Å².